The van der Waals surface area contributed by atoms with Crippen LogP contribution in [-0.4, -0.2) is 13.7 Å². The summed E-state index contributed by atoms with van der Waals surface area (Å²) >= 11 is 0. The molecule has 0 bridgehead atoms. The van der Waals surface area contributed by atoms with Gasteiger partial charge in [0.05, 0.1) is 45.4 Å². The maximum absolute atomic E-state index is 9.03. The Balaban J connectivity index is 0.000000110. The fraction of sp³-hybridized carbons (Fsp3) is 0. The summed E-state index contributed by atoms with van der Waals surface area (Å²) in [6.07, 6.45) is 0. The molecule has 3 aromatic heterocycles. The van der Waals surface area contributed by atoms with Crippen LogP contribution in [0.25, 0.3) is 224 Å². The highest BCUT2D eigenvalue weighted by atomic mass is 15.2. The lowest BCUT2D eigenvalue weighted by molar-refractivity contribution is 1.19. The molecule has 31 rings (SSSR count). The van der Waals surface area contributed by atoms with E-state index in [1.807, 2.05) is 88.0 Å². The Morgan fingerprint density at radius 1 is 0.147 bits per heavy atom. The van der Waals surface area contributed by atoms with Gasteiger partial charge < -0.3 is 28.4 Å². The molecule has 0 saturated heterocycles. The van der Waals surface area contributed by atoms with Crippen molar-refractivity contribution >= 4 is 214 Å². The van der Waals surface area contributed by atoms with Gasteiger partial charge in [-0.15, -0.1) is 0 Å². The van der Waals surface area contributed by atoms with Crippen LogP contribution in [0.15, 0.2) is 570 Å². The lowest BCUT2D eigenvalue weighted by atomic mass is 9.89. The predicted octanol–water partition coefficient (Wildman–Crippen LogP) is 40.1. The molecular formula is C144H94N6. The monoisotopic (exact) mass is 1920 g/mol. The number of aromatic nitrogens is 3. The predicted molar refractivity (Wildman–Crippen MR) is 639 cm³/mol. The van der Waals surface area contributed by atoms with E-state index >= 15 is 0 Å². The van der Waals surface area contributed by atoms with Crippen molar-refractivity contribution in [1.29, 1.82) is 0 Å². The molecule has 0 atom stereocenters. The first-order valence-electron chi connectivity index (χ1n) is 55.4. The Morgan fingerprint density at radius 3 is 0.767 bits per heavy atom. The molecule has 6 heteroatoms. The van der Waals surface area contributed by atoms with E-state index in [1.165, 1.54) is 76.4 Å². The van der Waals surface area contributed by atoms with Crippen molar-refractivity contribution in [3.05, 3.63) is 570 Å². The van der Waals surface area contributed by atoms with Crippen molar-refractivity contribution in [1.82, 2.24) is 13.7 Å². The summed E-state index contributed by atoms with van der Waals surface area (Å²) in [5.74, 6) is 0. The van der Waals surface area contributed by atoms with E-state index in [1.54, 1.807) is 0 Å². The number of fused-ring (bicyclic) bond motifs is 12. The molecule has 28 aromatic carbocycles. The summed E-state index contributed by atoms with van der Waals surface area (Å²) in [4.78, 5) is 6.84. The van der Waals surface area contributed by atoms with Gasteiger partial charge >= 0.3 is 0 Å². The summed E-state index contributed by atoms with van der Waals surface area (Å²) in [5, 5.41) is 26.7. The fourth-order valence-corrected chi connectivity index (χ4v) is 23.8. The SMILES string of the molecule is [2H]c1c([2H])c([2H])c(-n2c3ccccc3c3cc4ccc5ccc(-c6ccc(N(c7ccccc7)c7ccccc7)cc6)c6ccc(c4c56)c32)c([2H])c1[2H].[2H]c1c([2H])c([2H])c2c(c1[2H])c1cc3ccc4ccc(-c5ccc(N(c6ccccc6)c6ccccc6)cc5)c5ccc(c3c45)c1n2-c1ccccc1.c1ccc(-c2ccc(-n3c4ccccc4c4cc5ccc6ccc(-c7ccc(N(c8ccccc8)c8ccccc8)cc7)c7ccc(c5c67)c43)cc2)cc1. The second kappa shape index (κ2) is 36.1. The van der Waals surface area contributed by atoms with Gasteiger partial charge in [0, 0.05) is 117 Å². The first-order chi connectivity index (χ1) is 78.2. The summed E-state index contributed by atoms with van der Waals surface area (Å²) in [6, 6.07) is 180. The van der Waals surface area contributed by atoms with Crippen molar-refractivity contribution in [3.63, 3.8) is 0 Å². The molecule has 0 fully saturated rings. The number of rotatable bonds is 16. The van der Waals surface area contributed by atoms with Gasteiger partial charge in [0.2, 0.25) is 0 Å². The maximum atomic E-state index is 9.03. The van der Waals surface area contributed by atoms with Gasteiger partial charge in [0.25, 0.3) is 0 Å². The first-order valence-corrected chi connectivity index (χ1v) is 50.9. The summed E-state index contributed by atoms with van der Waals surface area (Å²) < 4.78 is 84.6. The molecule has 3 heterocycles. The summed E-state index contributed by atoms with van der Waals surface area (Å²) in [7, 11) is 0. The molecule has 0 saturated carbocycles. The van der Waals surface area contributed by atoms with Gasteiger partial charge in [-0.1, -0.05) is 388 Å². The Labute approximate surface area is 880 Å². The second-order valence-corrected chi connectivity index (χ2v) is 38.6. The smallest absolute Gasteiger partial charge is 0.0645 e. The molecule has 0 aliphatic rings. The van der Waals surface area contributed by atoms with Gasteiger partial charge in [-0.2, -0.15) is 0 Å². The van der Waals surface area contributed by atoms with Crippen LogP contribution in [0, 0.1) is 0 Å². The molecule has 0 aliphatic carbocycles. The van der Waals surface area contributed by atoms with Crippen LogP contribution >= 0.6 is 0 Å². The van der Waals surface area contributed by atoms with Gasteiger partial charge in [-0.05, 0) is 307 Å². The van der Waals surface area contributed by atoms with Crippen molar-refractivity contribution in [3.8, 4) is 61.6 Å². The molecule has 0 radical (unpaired) electrons. The van der Waals surface area contributed by atoms with Gasteiger partial charge in [0.1, 0.15) is 0 Å². The maximum Gasteiger partial charge on any atom is 0.0645 e. The van der Waals surface area contributed by atoms with Crippen LogP contribution < -0.4 is 14.7 Å². The van der Waals surface area contributed by atoms with E-state index in [0.29, 0.717) is 10.9 Å². The topological polar surface area (TPSA) is 24.5 Å². The average molecular weight is 1920 g/mol. The van der Waals surface area contributed by atoms with Crippen molar-refractivity contribution in [2.45, 2.75) is 0 Å². The zero-order valence-electron chi connectivity index (χ0n) is 90.3. The van der Waals surface area contributed by atoms with E-state index < -0.39 is 6.04 Å². The molecule has 0 N–H and O–H groups in total. The largest absolute Gasteiger partial charge is 0.311 e. The van der Waals surface area contributed by atoms with Crippen molar-refractivity contribution < 1.29 is 12.3 Å². The molecule has 150 heavy (non-hydrogen) atoms. The summed E-state index contributed by atoms with van der Waals surface area (Å²) in [5.41, 5.74) is 26.9. The Morgan fingerprint density at radius 2 is 0.400 bits per heavy atom. The highest BCUT2D eigenvalue weighted by Crippen LogP contribution is 2.52. The number of anilines is 9. The van der Waals surface area contributed by atoms with Crippen molar-refractivity contribution in [2.75, 3.05) is 14.7 Å². The molecular weight excluding hydrogens is 1810 g/mol. The van der Waals surface area contributed by atoms with E-state index in [4.69, 9.17) is 12.3 Å². The van der Waals surface area contributed by atoms with E-state index in [0.717, 1.165) is 182 Å². The zero-order valence-corrected chi connectivity index (χ0v) is 81.3. The molecule has 0 unspecified atom stereocenters. The van der Waals surface area contributed by atoms with Gasteiger partial charge in [-0.25, -0.2) is 0 Å². The van der Waals surface area contributed by atoms with E-state index in [9.17, 15) is 0 Å². The van der Waals surface area contributed by atoms with Crippen LogP contribution in [0.4, 0.5) is 51.2 Å². The van der Waals surface area contributed by atoms with Crippen LogP contribution in [-0.2, 0) is 0 Å². The molecule has 700 valence electrons. The lowest BCUT2D eigenvalue weighted by Gasteiger charge is -2.25. The minimum Gasteiger partial charge on any atom is -0.311 e. The minimum absolute atomic E-state index is 0.0210. The highest BCUT2D eigenvalue weighted by Gasteiger charge is 2.27. The van der Waals surface area contributed by atoms with Crippen LogP contribution in [0.5, 0.6) is 0 Å². The van der Waals surface area contributed by atoms with Crippen LogP contribution in [0.2, 0.25) is 0 Å². The average Bonchev–Trinajstić information content (AvgIpc) is 1.57. The summed E-state index contributed by atoms with van der Waals surface area (Å²) in [6.45, 7) is 0. The molecule has 6 nitrogen and oxygen atoms in total. The Bertz CT molecular complexity index is 11000. The third-order valence-corrected chi connectivity index (χ3v) is 30.3. The van der Waals surface area contributed by atoms with Crippen LogP contribution in [0.3, 0.4) is 0 Å². The van der Waals surface area contributed by atoms with Gasteiger partial charge in [-0.3, -0.25) is 0 Å². The lowest BCUT2D eigenvalue weighted by Crippen LogP contribution is -2.09. The Hall–Kier alpha value is -19.9. The third-order valence-electron chi connectivity index (χ3n) is 30.3. The first kappa shape index (κ1) is 77.6. The van der Waals surface area contributed by atoms with Crippen LogP contribution in [0.1, 0.15) is 12.3 Å². The number of benzene rings is 28. The fourth-order valence-electron chi connectivity index (χ4n) is 23.8. The minimum atomic E-state index is -0.403. The number of para-hydroxylation sites is 11. The Kier molecular flexibility index (Phi) is 18.7. The molecule has 0 amide bonds. The highest BCUT2D eigenvalue weighted by molar-refractivity contribution is 6.37. The number of hydrogen-bond donors (Lipinski definition) is 0. The normalized spacial score (nSPS) is 12.6. The zero-order chi connectivity index (χ0) is 107. The second-order valence-electron chi connectivity index (χ2n) is 38.6. The number of hydrogen-bond acceptors (Lipinski definition) is 3. The number of nitrogens with zero attached hydrogens (tertiary/aromatic N) is 6. The van der Waals surface area contributed by atoms with Gasteiger partial charge in [0.15, 0.2) is 0 Å². The molecule has 0 aliphatic heterocycles. The third kappa shape index (κ3) is 14.5. The molecule has 0 spiro atoms. The van der Waals surface area contributed by atoms with Crippen molar-refractivity contribution in [2.24, 2.45) is 0 Å². The molecule has 31 aromatic rings. The standard InChI is InChI=1S/C52H34N2.2C46H30N2/c1-4-12-35(13-5-1)36-22-27-43(28-23-36)54-49-19-11-10-18-45(49)48-34-39-21-20-38-26-31-44(46-32-33-47(52(48)54)51(39)50(38)46)37-24-29-42(30-25-37)53(40-14-6-2-7-15-40)41-16-8-3-9-17-41;2*1-4-12-34(13-5-1)47(35-14-6-2-7-15-35)37-25-22-31(23-26-37)38-27-24-32-20-21-33-30-42-39-18-10-11-19-43(39)48(36-16-8-3-9-17-36)46(42)41-29-28-40(38)44(32)45(33)41/h1-34H;2*1-30H/i;3D,8D,9D,16D,17D;10D,11D,18D,19D. The van der Waals surface area contributed by atoms with E-state index in [-0.39, 0.29) is 54.0 Å². The quantitative estimate of drug-likeness (QED) is 0.0901. The van der Waals surface area contributed by atoms with E-state index in [2.05, 4.69) is 456 Å².